The lowest BCUT2D eigenvalue weighted by molar-refractivity contribution is 0.0511. The number of ether oxygens (including phenoxy) is 1. The zero-order valence-electron chi connectivity index (χ0n) is 14.5. The van der Waals surface area contributed by atoms with Crippen LogP contribution in [0.3, 0.4) is 0 Å². The maximum Gasteiger partial charge on any atom is 0.356 e. The maximum atomic E-state index is 12.2. The van der Waals surface area contributed by atoms with Gasteiger partial charge in [0, 0.05) is 38.2 Å². The largest absolute Gasteiger partial charge is 0.461 e. The molecule has 3 rings (SSSR count). The van der Waals surface area contributed by atoms with Gasteiger partial charge in [-0.1, -0.05) is 19.3 Å². The van der Waals surface area contributed by atoms with Gasteiger partial charge in [0.2, 0.25) is 0 Å². The van der Waals surface area contributed by atoms with Crippen LogP contribution >= 0.6 is 12.2 Å². The van der Waals surface area contributed by atoms with Crippen molar-refractivity contribution < 1.29 is 9.53 Å². The molecular formula is C17H26N4O2S. The van der Waals surface area contributed by atoms with Crippen molar-refractivity contribution in [3.8, 4) is 0 Å². The minimum atomic E-state index is -0.304. The second kappa shape index (κ2) is 7.51. The molecular weight excluding hydrogens is 324 g/mol. The molecule has 24 heavy (non-hydrogen) atoms. The molecule has 7 heteroatoms. The molecule has 0 atom stereocenters. The van der Waals surface area contributed by atoms with Crippen LogP contribution in [0.15, 0.2) is 0 Å². The summed E-state index contributed by atoms with van der Waals surface area (Å²) in [5, 5.41) is 8.80. The Labute approximate surface area is 148 Å². The number of rotatable bonds is 3. The third kappa shape index (κ3) is 3.55. The molecule has 0 radical (unpaired) electrons. The number of nitrogens with zero attached hydrogens (tertiary/aromatic N) is 3. The number of esters is 1. The van der Waals surface area contributed by atoms with Gasteiger partial charge >= 0.3 is 5.97 Å². The predicted molar refractivity (Wildman–Crippen MR) is 95.9 cm³/mol. The lowest BCUT2D eigenvalue weighted by atomic mass is 9.96. The minimum Gasteiger partial charge on any atom is -0.461 e. The normalized spacial score (nSPS) is 18.2. The topological polar surface area (TPSA) is 59.4 Å². The van der Waals surface area contributed by atoms with Gasteiger partial charge in [-0.25, -0.2) is 4.79 Å². The Morgan fingerprint density at radius 2 is 2.12 bits per heavy atom. The number of aromatic nitrogens is 2. The number of nitrogens with one attached hydrogen (secondary N) is 1. The van der Waals surface area contributed by atoms with Crippen LogP contribution in [0.2, 0.25) is 0 Å². The van der Waals surface area contributed by atoms with E-state index in [1.165, 1.54) is 32.1 Å². The third-order valence-electron chi connectivity index (χ3n) is 4.88. The molecule has 1 aromatic rings. The second-order valence-electron chi connectivity index (χ2n) is 6.57. The van der Waals surface area contributed by atoms with E-state index in [-0.39, 0.29) is 5.97 Å². The Morgan fingerprint density at radius 1 is 1.38 bits per heavy atom. The van der Waals surface area contributed by atoms with Gasteiger partial charge in [-0.05, 0) is 32.0 Å². The molecule has 0 bridgehead atoms. The monoisotopic (exact) mass is 350 g/mol. The number of aryl methyl sites for hydroxylation is 1. The zero-order valence-corrected chi connectivity index (χ0v) is 15.3. The molecule has 1 N–H and O–H groups in total. The van der Waals surface area contributed by atoms with Crippen molar-refractivity contribution in [1.82, 2.24) is 20.0 Å². The molecule has 0 unspecified atom stereocenters. The lowest BCUT2D eigenvalue weighted by Crippen LogP contribution is -2.47. The Kier molecular flexibility index (Phi) is 5.38. The van der Waals surface area contributed by atoms with E-state index in [1.807, 2.05) is 6.92 Å². The van der Waals surface area contributed by atoms with Crippen LogP contribution in [0.4, 0.5) is 0 Å². The third-order valence-corrected chi connectivity index (χ3v) is 5.26. The Balaban J connectivity index is 1.71. The van der Waals surface area contributed by atoms with E-state index in [9.17, 15) is 4.79 Å². The van der Waals surface area contributed by atoms with Crippen LogP contribution in [-0.2, 0) is 24.8 Å². The number of thiocarbonyl (C=S) groups is 1. The number of hydrogen-bond acceptors (Lipinski definition) is 4. The smallest absolute Gasteiger partial charge is 0.356 e. The lowest BCUT2D eigenvalue weighted by Gasteiger charge is -2.33. The second-order valence-corrected chi connectivity index (χ2v) is 6.96. The fraction of sp³-hybridized carbons (Fsp3) is 0.706. The van der Waals surface area contributed by atoms with Crippen LogP contribution in [0.5, 0.6) is 0 Å². The Bertz CT molecular complexity index is 622. The molecule has 1 aliphatic carbocycles. The molecule has 2 aliphatic rings. The summed E-state index contributed by atoms with van der Waals surface area (Å²) < 4.78 is 6.83. The van der Waals surface area contributed by atoms with E-state index in [2.05, 4.69) is 15.3 Å². The summed E-state index contributed by atoms with van der Waals surface area (Å²) in [6.07, 6.45) is 7.08. The standard InChI is InChI=1S/C17H26N4O2S/c1-3-23-16(22)15-13-11-21(10-9-14(13)19-20(15)2)17(24)18-12-7-5-4-6-8-12/h12H,3-11H2,1-2H3,(H,18,24). The predicted octanol–water partition coefficient (Wildman–Crippen LogP) is 2.16. The van der Waals surface area contributed by atoms with E-state index < -0.39 is 0 Å². The molecule has 1 fully saturated rings. The zero-order chi connectivity index (χ0) is 17.1. The van der Waals surface area contributed by atoms with Gasteiger partial charge in [0.15, 0.2) is 10.8 Å². The maximum absolute atomic E-state index is 12.2. The Hall–Kier alpha value is -1.63. The molecule has 0 saturated heterocycles. The first-order valence-electron chi connectivity index (χ1n) is 8.87. The van der Waals surface area contributed by atoms with Crippen LogP contribution < -0.4 is 5.32 Å². The van der Waals surface area contributed by atoms with Crippen LogP contribution in [0.1, 0.15) is 60.8 Å². The molecule has 1 aliphatic heterocycles. The molecule has 0 amide bonds. The first-order valence-corrected chi connectivity index (χ1v) is 9.28. The van der Waals surface area contributed by atoms with Gasteiger partial charge in [0.1, 0.15) is 0 Å². The molecule has 1 saturated carbocycles. The highest BCUT2D eigenvalue weighted by molar-refractivity contribution is 7.80. The molecule has 132 valence electrons. The quantitative estimate of drug-likeness (QED) is 0.666. The van der Waals surface area contributed by atoms with Crippen LogP contribution in [0.25, 0.3) is 0 Å². The van der Waals surface area contributed by atoms with Crippen LogP contribution in [0, 0.1) is 0 Å². The van der Waals surface area contributed by atoms with Crippen molar-refractivity contribution in [2.75, 3.05) is 13.2 Å². The highest BCUT2D eigenvalue weighted by Crippen LogP contribution is 2.24. The number of carbonyl (C=O) groups is 1. The fourth-order valence-corrected chi connectivity index (χ4v) is 3.96. The van der Waals surface area contributed by atoms with E-state index >= 15 is 0 Å². The first-order chi connectivity index (χ1) is 11.6. The van der Waals surface area contributed by atoms with Gasteiger partial charge in [-0.3, -0.25) is 4.68 Å². The molecule has 0 aromatic carbocycles. The van der Waals surface area contributed by atoms with Crippen molar-refractivity contribution in [2.24, 2.45) is 7.05 Å². The molecule has 6 nitrogen and oxygen atoms in total. The summed E-state index contributed by atoms with van der Waals surface area (Å²) in [4.78, 5) is 14.4. The van der Waals surface area contributed by atoms with Crippen molar-refractivity contribution in [2.45, 2.75) is 58.0 Å². The average molecular weight is 350 g/mol. The first kappa shape index (κ1) is 17.2. The Morgan fingerprint density at radius 3 is 2.83 bits per heavy atom. The number of fused-ring (bicyclic) bond motifs is 1. The highest BCUT2D eigenvalue weighted by atomic mass is 32.1. The summed E-state index contributed by atoms with van der Waals surface area (Å²) in [5.74, 6) is -0.304. The van der Waals surface area contributed by atoms with Crippen molar-refractivity contribution in [3.63, 3.8) is 0 Å². The van der Waals surface area contributed by atoms with Crippen LogP contribution in [-0.4, -0.2) is 45.0 Å². The summed E-state index contributed by atoms with van der Waals surface area (Å²) in [5.41, 5.74) is 2.49. The van der Waals surface area contributed by atoms with Gasteiger partial charge < -0.3 is 15.0 Å². The van der Waals surface area contributed by atoms with E-state index in [0.29, 0.717) is 24.9 Å². The van der Waals surface area contributed by atoms with E-state index in [1.54, 1.807) is 11.7 Å². The van der Waals surface area contributed by atoms with Gasteiger partial charge in [-0.2, -0.15) is 5.10 Å². The molecule has 1 aromatic heterocycles. The molecule has 0 spiro atoms. The van der Waals surface area contributed by atoms with Gasteiger partial charge in [-0.15, -0.1) is 0 Å². The number of hydrogen-bond donors (Lipinski definition) is 1. The van der Waals surface area contributed by atoms with E-state index in [4.69, 9.17) is 17.0 Å². The summed E-state index contributed by atoms with van der Waals surface area (Å²) in [6, 6.07) is 0.492. The highest BCUT2D eigenvalue weighted by Gasteiger charge is 2.29. The molecule has 2 heterocycles. The van der Waals surface area contributed by atoms with Gasteiger partial charge in [0.25, 0.3) is 0 Å². The summed E-state index contributed by atoms with van der Waals surface area (Å²) in [7, 11) is 1.80. The fourth-order valence-electron chi connectivity index (χ4n) is 3.64. The number of carbonyl (C=O) groups excluding carboxylic acids is 1. The van der Waals surface area contributed by atoms with Crippen molar-refractivity contribution in [1.29, 1.82) is 0 Å². The van der Waals surface area contributed by atoms with Gasteiger partial charge in [0.05, 0.1) is 12.3 Å². The van der Waals surface area contributed by atoms with Crippen molar-refractivity contribution in [3.05, 3.63) is 17.0 Å². The van der Waals surface area contributed by atoms with E-state index in [0.717, 1.165) is 29.3 Å². The SMILES string of the molecule is CCOC(=O)c1c2c(nn1C)CCN(C(=S)NC1CCCCC1)C2. The summed E-state index contributed by atoms with van der Waals surface area (Å²) >= 11 is 5.62. The van der Waals surface area contributed by atoms with Crippen molar-refractivity contribution >= 4 is 23.3 Å². The summed E-state index contributed by atoms with van der Waals surface area (Å²) in [6.45, 7) is 3.64. The average Bonchev–Trinajstić information content (AvgIpc) is 2.90. The minimum absolute atomic E-state index is 0.304.